The molecule has 0 fully saturated rings. The molecular formula is C10H10AlCl3O2. The molecule has 2 rings (SSSR count). The van der Waals surface area contributed by atoms with Crippen molar-refractivity contribution in [3.8, 4) is 5.75 Å². The summed E-state index contributed by atoms with van der Waals surface area (Å²) in [6, 6.07) is 3.48. The highest BCUT2D eigenvalue weighted by atomic mass is 35.8. The smallest absolute Gasteiger partial charge is 0.508 e. The molecule has 0 saturated heterocycles. The number of carbonyl (C=O) groups excluding carboxylic acids is 1. The first kappa shape index (κ1) is 14.2. The fourth-order valence-electron chi connectivity index (χ4n) is 1.59. The Morgan fingerprint density at radius 3 is 2.38 bits per heavy atom. The minimum Gasteiger partial charge on any atom is -0.508 e. The number of phenols is 1. The highest BCUT2D eigenvalue weighted by Gasteiger charge is 2.20. The zero-order valence-electron chi connectivity index (χ0n) is 8.64. The number of ketones is 1. The Hall–Kier alpha value is 0.0925. The van der Waals surface area contributed by atoms with Gasteiger partial charge in [0.2, 0.25) is 0 Å². The van der Waals surface area contributed by atoms with Crippen LogP contribution in [0.1, 0.15) is 27.9 Å². The van der Waals surface area contributed by atoms with Gasteiger partial charge in [-0.15, -0.1) is 0 Å². The number of aromatic hydroxyl groups is 1. The number of hydrogen-bond donors (Lipinski definition) is 1. The second-order valence-electron chi connectivity index (χ2n) is 3.47. The Morgan fingerprint density at radius 1 is 1.25 bits per heavy atom. The van der Waals surface area contributed by atoms with Crippen molar-refractivity contribution >= 4 is 47.3 Å². The summed E-state index contributed by atoms with van der Waals surface area (Å²) in [7, 11) is 14.8. The first-order valence-electron chi connectivity index (χ1n) is 4.69. The summed E-state index contributed by atoms with van der Waals surface area (Å²) in [5.41, 5.74) is 2.57. The van der Waals surface area contributed by atoms with Gasteiger partial charge in [0.15, 0.2) is 5.78 Å². The van der Waals surface area contributed by atoms with E-state index in [-0.39, 0.29) is 5.78 Å². The van der Waals surface area contributed by atoms with Gasteiger partial charge in [0, 0.05) is 12.0 Å². The normalized spacial score (nSPS) is 12.9. The van der Waals surface area contributed by atoms with Crippen molar-refractivity contribution in [1.29, 1.82) is 0 Å². The van der Waals surface area contributed by atoms with E-state index in [1.165, 1.54) is 0 Å². The van der Waals surface area contributed by atoms with Gasteiger partial charge in [0.1, 0.15) is 5.75 Å². The van der Waals surface area contributed by atoms with E-state index in [4.69, 9.17) is 30.1 Å². The molecular weight excluding hydrogens is 285 g/mol. The maximum absolute atomic E-state index is 11.2. The number of carbonyl (C=O) groups is 1. The SMILES string of the molecule is Cc1cc2c(cc1O)CCC2=O.[Cl][Al]([Cl])[Cl]. The third-order valence-electron chi connectivity index (χ3n) is 2.34. The summed E-state index contributed by atoms with van der Waals surface area (Å²) in [6.07, 6.45) is 1.38. The molecule has 0 unspecified atom stereocenters. The molecule has 0 aromatic heterocycles. The molecule has 1 aromatic rings. The largest absolute Gasteiger partial charge is 0.643 e. The van der Waals surface area contributed by atoms with Crippen LogP contribution in [0.15, 0.2) is 12.1 Å². The van der Waals surface area contributed by atoms with Gasteiger partial charge in [0.25, 0.3) is 0 Å². The second-order valence-corrected chi connectivity index (χ2v) is 9.90. The van der Waals surface area contributed by atoms with Gasteiger partial charge in [-0.3, -0.25) is 4.79 Å². The number of aryl methyl sites for hydroxylation is 2. The zero-order chi connectivity index (χ0) is 12.3. The number of hydrogen-bond acceptors (Lipinski definition) is 2. The van der Waals surface area contributed by atoms with Gasteiger partial charge < -0.3 is 5.11 Å². The van der Waals surface area contributed by atoms with Gasteiger partial charge in [0.05, 0.1) is 0 Å². The molecule has 0 bridgehead atoms. The van der Waals surface area contributed by atoms with Crippen LogP contribution in [0.3, 0.4) is 0 Å². The molecule has 0 radical (unpaired) electrons. The second kappa shape index (κ2) is 6.14. The fraction of sp³-hybridized carbons (Fsp3) is 0.300. The van der Waals surface area contributed by atoms with Crippen molar-refractivity contribution in [3.05, 3.63) is 28.8 Å². The third kappa shape index (κ3) is 3.84. The molecule has 0 amide bonds. The van der Waals surface area contributed by atoms with Crippen LogP contribution in [-0.2, 0) is 6.42 Å². The molecule has 16 heavy (non-hydrogen) atoms. The lowest BCUT2D eigenvalue weighted by Gasteiger charge is -2.01. The summed E-state index contributed by atoms with van der Waals surface area (Å²) < 4.78 is 0. The first-order chi connectivity index (χ1) is 7.41. The lowest BCUT2D eigenvalue weighted by Crippen LogP contribution is -1.91. The number of rotatable bonds is 0. The predicted molar refractivity (Wildman–Crippen MR) is 68.8 cm³/mol. The van der Waals surface area contributed by atoms with Crippen molar-refractivity contribution in [1.82, 2.24) is 0 Å². The van der Waals surface area contributed by atoms with E-state index < -0.39 is 11.4 Å². The van der Waals surface area contributed by atoms with Crippen LogP contribution in [0.25, 0.3) is 0 Å². The van der Waals surface area contributed by atoms with Crippen LogP contribution >= 0.6 is 30.1 Å². The van der Waals surface area contributed by atoms with Crippen molar-refractivity contribution < 1.29 is 9.90 Å². The molecule has 1 aromatic carbocycles. The molecule has 0 spiro atoms. The van der Waals surface area contributed by atoms with Crippen LogP contribution in [0, 0.1) is 6.92 Å². The van der Waals surface area contributed by atoms with E-state index >= 15 is 0 Å². The Balaban J connectivity index is 0.000000280. The molecule has 0 aliphatic heterocycles. The minimum atomic E-state index is -1.72. The lowest BCUT2D eigenvalue weighted by atomic mass is 10.1. The van der Waals surface area contributed by atoms with E-state index in [9.17, 15) is 9.90 Å². The summed E-state index contributed by atoms with van der Waals surface area (Å²) in [6.45, 7) is 1.81. The summed E-state index contributed by atoms with van der Waals surface area (Å²) in [4.78, 5) is 11.2. The molecule has 1 N–H and O–H groups in total. The first-order valence-corrected chi connectivity index (χ1v) is 9.93. The summed E-state index contributed by atoms with van der Waals surface area (Å²) >= 11 is -1.72. The van der Waals surface area contributed by atoms with Gasteiger partial charge in [-0.25, -0.2) is 30.1 Å². The highest BCUT2D eigenvalue weighted by Crippen LogP contribution is 2.28. The molecule has 86 valence electrons. The number of halogens is 3. The predicted octanol–water partition coefficient (Wildman–Crippen LogP) is 3.52. The number of phenolic OH excluding ortho intramolecular Hbond substituents is 1. The average Bonchev–Trinajstić information content (AvgIpc) is 2.49. The Bertz CT molecular complexity index is 405. The topological polar surface area (TPSA) is 37.3 Å². The van der Waals surface area contributed by atoms with Gasteiger partial charge in [-0.1, -0.05) is 0 Å². The summed E-state index contributed by atoms with van der Waals surface area (Å²) in [5.74, 6) is 0.497. The Labute approximate surface area is 111 Å². The maximum Gasteiger partial charge on any atom is 0.643 e. The Kier molecular flexibility index (Phi) is 5.43. The molecule has 6 heteroatoms. The maximum atomic E-state index is 11.2. The van der Waals surface area contributed by atoms with Crippen molar-refractivity contribution in [2.75, 3.05) is 0 Å². The molecule has 2 nitrogen and oxygen atoms in total. The highest BCUT2D eigenvalue weighted by molar-refractivity contribution is 7.54. The Morgan fingerprint density at radius 2 is 1.81 bits per heavy atom. The third-order valence-corrected chi connectivity index (χ3v) is 2.34. The number of benzene rings is 1. The van der Waals surface area contributed by atoms with Gasteiger partial charge in [-0.05, 0) is 36.6 Å². The van der Waals surface area contributed by atoms with Gasteiger partial charge in [-0.2, -0.15) is 0 Å². The number of Topliss-reactive ketones (excluding diaryl/α,β-unsaturated/α-hetero) is 1. The minimum absolute atomic E-state index is 0.202. The monoisotopic (exact) mass is 294 g/mol. The standard InChI is InChI=1S/C10H10O2.Al.3ClH/c1-6-4-8-7(5-10(6)12)2-3-9(8)11;;;;/h4-5,12H,2-3H2,1H3;;3*1H/q;+3;;;/p-3. The van der Waals surface area contributed by atoms with Crippen LogP contribution in [0.2, 0.25) is 0 Å². The van der Waals surface area contributed by atoms with Crippen LogP contribution < -0.4 is 0 Å². The average molecular weight is 296 g/mol. The van der Waals surface area contributed by atoms with E-state index in [1.807, 2.05) is 0 Å². The molecule has 0 heterocycles. The van der Waals surface area contributed by atoms with E-state index in [2.05, 4.69) is 0 Å². The zero-order valence-corrected chi connectivity index (χ0v) is 12.1. The van der Waals surface area contributed by atoms with Crippen LogP contribution in [0.4, 0.5) is 0 Å². The van der Waals surface area contributed by atoms with Crippen LogP contribution in [0.5, 0.6) is 5.75 Å². The molecule has 1 aliphatic rings. The van der Waals surface area contributed by atoms with Crippen molar-refractivity contribution in [3.63, 3.8) is 0 Å². The fourth-order valence-corrected chi connectivity index (χ4v) is 1.59. The van der Waals surface area contributed by atoms with E-state index in [0.29, 0.717) is 12.2 Å². The van der Waals surface area contributed by atoms with E-state index in [0.717, 1.165) is 23.1 Å². The van der Waals surface area contributed by atoms with Crippen molar-refractivity contribution in [2.45, 2.75) is 19.8 Å². The number of fused-ring (bicyclic) bond motifs is 1. The van der Waals surface area contributed by atoms with Crippen molar-refractivity contribution in [2.24, 2.45) is 0 Å². The van der Waals surface area contributed by atoms with Crippen LogP contribution in [-0.4, -0.2) is 22.3 Å². The summed E-state index contributed by atoms with van der Waals surface area (Å²) in [5, 5.41) is 9.36. The molecule has 1 aliphatic carbocycles. The molecule has 0 atom stereocenters. The molecule has 0 saturated carbocycles. The lowest BCUT2D eigenvalue weighted by molar-refractivity contribution is 0.0994. The van der Waals surface area contributed by atoms with Gasteiger partial charge >= 0.3 is 11.4 Å². The van der Waals surface area contributed by atoms with E-state index in [1.54, 1.807) is 19.1 Å². The quantitative estimate of drug-likeness (QED) is 0.744.